The topological polar surface area (TPSA) is 80.0 Å². The largest absolute Gasteiger partial charge is 0.449 e. The molecule has 2 aromatic heterocycles. The Morgan fingerprint density at radius 2 is 1.78 bits per heavy atom. The van der Waals surface area contributed by atoms with E-state index >= 15 is 0 Å². The van der Waals surface area contributed by atoms with Crippen LogP contribution in [0.2, 0.25) is 0 Å². The van der Waals surface area contributed by atoms with Crippen LogP contribution in [0.1, 0.15) is 43.7 Å². The van der Waals surface area contributed by atoms with Crippen molar-refractivity contribution < 1.29 is 31.9 Å². The van der Waals surface area contributed by atoms with Crippen molar-refractivity contribution in [2.75, 3.05) is 26.2 Å². The predicted octanol–water partition coefficient (Wildman–Crippen LogP) is 4.88. The Kier molecular flexibility index (Phi) is 6.87. The fourth-order valence-corrected chi connectivity index (χ4v) is 3.99. The van der Waals surface area contributed by atoms with Gasteiger partial charge in [0.25, 0.3) is 5.91 Å². The highest BCUT2D eigenvalue weighted by Crippen LogP contribution is 2.34. The molecule has 37 heavy (non-hydrogen) atoms. The van der Waals surface area contributed by atoms with E-state index in [2.05, 4.69) is 10.1 Å². The zero-order valence-corrected chi connectivity index (χ0v) is 20.8. The van der Waals surface area contributed by atoms with Crippen LogP contribution in [0.3, 0.4) is 0 Å². The summed E-state index contributed by atoms with van der Waals surface area (Å²) in [5, 5.41) is 4.18. The number of piperazine rings is 1. The highest BCUT2D eigenvalue weighted by Gasteiger charge is 2.37. The highest BCUT2D eigenvalue weighted by molar-refractivity contribution is 5.93. The summed E-state index contributed by atoms with van der Waals surface area (Å²) in [6.07, 6.45) is -4.10. The van der Waals surface area contributed by atoms with Gasteiger partial charge in [-0.1, -0.05) is 20.8 Å². The third-order valence-electron chi connectivity index (χ3n) is 5.87. The number of amides is 2. The quantitative estimate of drug-likeness (QED) is 0.459. The molecule has 1 unspecified atom stereocenters. The molecule has 8 nitrogen and oxygen atoms in total. The monoisotopic (exact) mass is 521 g/mol. The van der Waals surface area contributed by atoms with Crippen LogP contribution in [-0.4, -0.2) is 68.7 Å². The first-order valence-corrected chi connectivity index (χ1v) is 11.7. The number of ether oxygens (including phenoxy) is 1. The third-order valence-corrected chi connectivity index (χ3v) is 5.87. The number of alkyl halides is 3. The lowest BCUT2D eigenvalue weighted by Gasteiger charge is -2.39. The van der Waals surface area contributed by atoms with Gasteiger partial charge in [0, 0.05) is 31.2 Å². The first-order chi connectivity index (χ1) is 17.2. The highest BCUT2D eigenvalue weighted by atomic mass is 19.4. The molecule has 0 aliphatic carbocycles. The lowest BCUT2D eigenvalue weighted by molar-refractivity contribution is -0.136. The fraction of sp³-hybridized carbons (Fsp3) is 0.440. The number of rotatable bonds is 3. The minimum Gasteiger partial charge on any atom is -0.449 e. The minimum absolute atomic E-state index is 0.0489. The van der Waals surface area contributed by atoms with Crippen LogP contribution in [-0.2, 0) is 10.9 Å². The first kappa shape index (κ1) is 26.4. The Hall–Kier alpha value is -3.70. The molecule has 3 aromatic rings. The second-order valence-corrected chi connectivity index (χ2v) is 10.3. The van der Waals surface area contributed by atoms with Crippen LogP contribution >= 0.6 is 0 Å². The second-order valence-electron chi connectivity index (χ2n) is 10.3. The Balaban J connectivity index is 1.57. The average Bonchev–Trinajstić information content (AvgIpc) is 3.25. The van der Waals surface area contributed by atoms with E-state index in [1.54, 1.807) is 6.92 Å². The van der Waals surface area contributed by atoms with Crippen LogP contribution in [0.5, 0.6) is 0 Å². The van der Waals surface area contributed by atoms with E-state index in [-0.39, 0.29) is 54.6 Å². The fourth-order valence-electron chi connectivity index (χ4n) is 3.99. The molecule has 0 spiro atoms. The summed E-state index contributed by atoms with van der Waals surface area (Å²) in [4.78, 5) is 32.6. The number of hydrogen-bond acceptors (Lipinski definition) is 5. The third kappa shape index (κ3) is 5.83. The molecule has 1 aliphatic rings. The summed E-state index contributed by atoms with van der Waals surface area (Å²) in [6, 6.07) is 5.35. The molecule has 1 aliphatic heterocycles. The Morgan fingerprint density at radius 3 is 2.38 bits per heavy atom. The van der Waals surface area contributed by atoms with Gasteiger partial charge in [-0.3, -0.25) is 4.79 Å². The molecule has 0 radical (unpaired) electrons. The molecule has 0 N–H and O–H groups in total. The number of imidazole rings is 1. The normalized spacial score (nSPS) is 16.8. The van der Waals surface area contributed by atoms with Crippen molar-refractivity contribution in [1.82, 2.24) is 24.4 Å². The number of fused-ring (bicyclic) bond motifs is 1. The Bertz CT molecular complexity index is 1310. The number of hydrogen-bond donors (Lipinski definition) is 0. The number of aromatic nitrogens is 3. The molecular weight excluding hydrogens is 494 g/mol. The number of benzene rings is 1. The van der Waals surface area contributed by atoms with Crippen LogP contribution < -0.4 is 0 Å². The van der Waals surface area contributed by atoms with Crippen LogP contribution in [0.4, 0.5) is 22.4 Å². The van der Waals surface area contributed by atoms with Crippen LogP contribution in [0.25, 0.3) is 16.9 Å². The van der Waals surface area contributed by atoms with Gasteiger partial charge in [-0.15, -0.1) is 0 Å². The van der Waals surface area contributed by atoms with E-state index in [1.165, 1.54) is 21.9 Å². The van der Waals surface area contributed by atoms with Gasteiger partial charge >= 0.3 is 12.3 Å². The van der Waals surface area contributed by atoms with Crippen molar-refractivity contribution in [2.45, 2.75) is 39.9 Å². The van der Waals surface area contributed by atoms with Crippen molar-refractivity contribution in [2.24, 2.45) is 5.41 Å². The van der Waals surface area contributed by atoms with E-state index in [0.717, 1.165) is 28.9 Å². The maximum absolute atomic E-state index is 13.9. The summed E-state index contributed by atoms with van der Waals surface area (Å²) >= 11 is 0. The molecule has 0 bridgehead atoms. The molecule has 12 heteroatoms. The predicted molar refractivity (Wildman–Crippen MR) is 126 cm³/mol. The number of carbonyl (C=O) groups excluding carboxylic acids is 2. The lowest BCUT2D eigenvalue weighted by Crippen LogP contribution is -2.55. The van der Waals surface area contributed by atoms with E-state index in [4.69, 9.17) is 4.74 Å². The molecule has 2 amide bonds. The van der Waals surface area contributed by atoms with Gasteiger partial charge in [0.2, 0.25) is 0 Å². The number of halogens is 4. The van der Waals surface area contributed by atoms with E-state index in [0.29, 0.717) is 0 Å². The van der Waals surface area contributed by atoms with Crippen LogP contribution in [0, 0.1) is 11.2 Å². The summed E-state index contributed by atoms with van der Waals surface area (Å²) < 4.78 is 61.2. The summed E-state index contributed by atoms with van der Waals surface area (Å²) in [5.74, 6) is -1.11. The zero-order chi connectivity index (χ0) is 27.1. The maximum Gasteiger partial charge on any atom is 0.420 e. The van der Waals surface area contributed by atoms with Gasteiger partial charge in [-0.2, -0.15) is 18.3 Å². The average molecular weight is 522 g/mol. The maximum atomic E-state index is 13.9. The van der Waals surface area contributed by atoms with Gasteiger partial charge in [-0.05, 0) is 42.7 Å². The smallest absolute Gasteiger partial charge is 0.420 e. The van der Waals surface area contributed by atoms with E-state index < -0.39 is 35.2 Å². The molecule has 0 saturated carbocycles. The molecule has 1 atom stereocenters. The molecule has 1 saturated heterocycles. The summed E-state index contributed by atoms with van der Waals surface area (Å²) in [6.45, 7) is 8.38. The lowest BCUT2D eigenvalue weighted by atomic mass is 9.99. The van der Waals surface area contributed by atoms with Gasteiger partial charge in [-0.25, -0.2) is 18.7 Å². The van der Waals surface area contributed by atoms with Crippen molar-refractivity contribution in [3.63, 3.8) is 0 Å². The number of carbonyl (C=O) groups is 2. The second kappa shape index (κ2) is 9.64. The Morgan fingerprint density at radius 1 is 1.11 bits per heavy atom. The van der Waals surface area contributed by atoms with Gasteiger partial charge < -0.3 is 14.5 Å². The number of nitrogens with zero attached hydrogens (tertiary/aromatic N) is 5. The van der Waals surface area contributed by atoms with E-state index in [1.807, 2.05) is 20.8 Å². The molecule has 4 rings (SSSR count). The molecule has 1 fully saturated rings. The van der Waals surface area contributed by atoms with Gasteiger partial charge in [0.05, 0.1) is 18.5 Å². The molecular formula is C25H27F4N5O3. The summed E-state index contributed by atoms with van der Waals surface area (Å²) in [5.41, 5.74) is -1.75. The SMILES string of the molecule is CC1CN(C(=O)c2cn3nc(-c4ccc(F)cc4)cc(C(F)(F)F)c3n2)CCN1C(=O)OCC(C)(C)C. The minimum atomic E-state index is -4.77. The van der Waals surface area contributed by atoms with Crippen molar-refractivity contribution in [3.8, 4) is 11.3 Å². The van der Waals surface area contributed by atoms with Crippen molar-refractivity contribution >= 4 is 17.6 Å². The standard InChI is InChI=1S/C25H27F4N5O3/c1-15-12-32(9-10-33(15)23(36)37-14-24(2,3)4)22(35)20-13-34-21(30-20)18(25(27,28)29)11-19(31-34)16-5-7-17(26)8-6-16/h5-8,11,13,15H,9-10,12,14H2,1-4H3. The molecule has 198 valence electrons. The van der Waals surface area contributed by atoms with Crippen LogP contribution in [0.15, 0.2) is 36.5 Å². The molecule has 1 aromatic carbocycles. The first-order valence-electron chi connectivity index (χ1n) is 11.7. The van der Waals surface area contributed by atoms with Gasteiger partial charge in [0.1, 0.15) is 17.1 Å². The zero-order valence-electron chi connectivity index (χ0n) is 20.8. The summed E-state index contributed by atoms with van der Waals surface area (Å²) in [7, 11) is 0. The Labute approximate surface area is 210 Å². The molecule has 3 heterocycles. The van der Waals surface area contributed by atoms with Crippen molar-refractivity contribution in [3.05, 3.63) is 53.6 Å². The van der Waals surface area contributed by atoms with E-state index in [9.17, 15) is 27.2 Å². The van der Waals surface area contributed by atoms with Gasteiger partial charge in [0.15, 0.2) is 5.65 Å². The van der Waals surface area contributed by atoms with Crippen molar-refractivity contribution in [1.29, 1.82) is 0 Å².